The number of benzene rings is 2. The molecule has 8 nitrogen and oxygen atoms in total. The number of nitrogens with zero attached hydrogens (tertiary/aromatic N) is 1. The number of anilines is 1. The average molecular weight is 398 g/mol. The SMILES string of the molecule is CC(=O)Nc1ccc(CC(=O)NNC(=O)CSc2nc3ccccc3o2)cc1. The number of fused-ring (bicyclic) bond motifs is 1. The number of rotatable bonds is 6. The van der Waals surface area contributed by atoms with E-state index in [0.717, 1.165) is 22.8 Å². The van der Waals surface area contributed by atoms with Gasteiger partial charge in [-0.1, -0.05) is 36.0 Å². The Morgan fingerprint density at radius 3 is 2.43 bits per heavy atom. The third-order valence-electron chi connectivity index (χ3n) is 3.58. The Balaban J connectivity index is 1.41. The smallest absolute Gasteiger partial charge is 0.257 e. The number of para-hydroxylation sites is 2. The zero-order valence-electron chi connectivity index (χ0n) is 15.0. The number of hydrogen-bond acceptors (Lipinski definition) is 6. The molecule has 2 aromatic carbocycles. The quantitative estimate of drug-likeness (QED) is 0.434. The van der Waals surface area contributed by atoms with Gasteiger partial charge in [0, 0.05) is 12.6 Å². The summed E-state index contributed by atoms with van der Waals surface area (Å²) in [6.07, 6.45) is 0.0961. The summed E-state index contributed by atoms with van der Waals surface area (Å²) in [4.78, 5) is 39.1. The van der Waals surface area contributed by atoms with E-state index in [1.54, 1.807) is 30.3 Å². The first-order valence-electron chi connectivity index (χ1n) is 8.42. The summed E-state index contributed by atoms with van der Waals surface area (Å²) in [5, 5.41) is 3.04. The lowest BCUT2D eigenvalue weighted by Crippen LogP contribution is -2.43. The molecule has 3 N–H and O–H groups in total. The Kier molecular flexibility index (Phi) is 6.28. The number of hydrogen-bond donors (Lipinski definition) is 3. The molecule has 0 spiro atoms. The maximum Gasteiger partial charge on any atom is 0.257 e. The van der Waals surface area contributed by atoms with Gasteiger partial charge >= 0.3 is 0 Å². The van der Waals surface area contributed by atoms with Crippen LogP contribution < -0.4 is 16.2 Å². The van der Waals surface area contributed by atoms with Crippen molar-refractivity contribution in [2.75, 3.05) is 11.1 Å². The van der Waals surface area contributed by atoms with Gasteiger partial charge in [-0.2, -0.15) is 0 Å². The van der Waals surface area contributed by atoms with Crippen LogP contribution in [0.5, 0.6) is 0 Å². The van der Waals surface area contributed by atoms with Crippen LogP contribution in [0.3, 0.4) is 0 Å². The molecule has 28 heavy (non-hydrogen) atoms. The predicted molar refractivity (Wildman–Crippen MR) is 105 cm³/mol. The maximum absolute atomic E-state index is 11.9. The topological polar surface area (TPSA) is 113 Å². The third-order valence-corrected chi connectivity index (χ3v) is 4.41. The van der Waals surface area contributed by atoms with Crippen LogP contribution in [0, 0.1) is 0 Å². The predicted octanol–water partition coefficient (Wildman–Crippen LogP) is 2.27. The van der Waals surface area contributed by atoms with Crippen LogP contribution >= 0.6 is 11.8 Å². The van der Waals surface area contributed by atoms with Crippen LogP contribution in [0.15, 0.2) is 58.2 Å². The molecule has 3 rings (SSSR count). The molecule has 0 saturated heterocycles. The van der Waals surface area contributed by atoms with Gasteiger partial charge in [0.25, 0.3) is 5.22 Å². The van der Waals surface area contributed by atoms with Crippen LogP contribution in [-0.2, 0) is 20.8 Å². The van der Waals surface area contributed by atoms with Crippen molar-refractivity contribution in [1.82, 2.24) is 15.8 Å². The Morgan fingerprint density at radius 1 is 1.00 bits per heavy atom. The average Bonchev–Trinajstić information content (AvgIpc) is 3.09. The van der Waals surface area contributed by atoms with E-state index in [1.807, 2.05) is 18.2 Å². The molecule has 0 radical (unpaired) electrons. The summed E-state index contributed by atoms with van der Waals surface area (Å²) in [7, 11) is 0. The summed E-state index contributed by atoms with van der Waals surface area (Å²) in [6, 6.07) is 14.2. The van der Waals surface area contributed by atoms with Crippen LogP contribution in [0.25, 0.3) is 11.1 Å². The molecule has 0 saturated carbocycles. The van der Waals surface area contributed by atoms with E-state index < -0.39 is 0 Å². The van der Waals surface area contributed by atoms with Crippen LogP contribution in [0.4, 0.5) is 5.69 Å². The monoisotopic (exact) mass is 398 g/mol. The number of hydrazine groups is 1. The standard InChI is InChI=1S/C19H18N4O4S/c1-12(24)20-14-8-6-13(7-9-14)10-17(25)22-23-18(26)11-28-19-21-15-4-2-3-5-16(15)27-19/h2-9H,10-11H2,1H3,(H,20,24)(H,22,25)(H,23,26). The molecule has 0 unspecified atom stereocenters. The Bertz CT molecular complexity index is 968. The highest BCUT2D eigenvalue weighted by Gasteiger charge is 2.10. The van der Waals surface area contributed by atoms with Crippen molar-refractivity contribution >= 4 is 46.3 Å². The normalized spacial score (nSPS) is 10.5. The van der Waals surface area contributed by atoms with Crippen molar-refractivity contribution in [1.29, 1.82) is 0 Å². The van der Waals surface area contributed by atoms with Crippen molar-refractivity contribution in [3.63, 3.8) is 0 Å². The van der Waals surface area contributed by atoms with Gasteiger partial charge in [0.05, 0.1) is 12.2 Å². The molecule has 1 aromatic heterocycles. The van der Waals surface area contributed by atoms with E-state index >= 15 is 0 Å². The second-order valence-corrected chi connectivity index (χ2v) is 6.81. The number of amides is 3. The van der Waals surface area contributed by atoms with E-state index in [-0.39, 0.29) is 29.9 Å². The fourth-order valence-corrected chi connectivity index (χ4v) is 2.99. The number of aromatic nitrogens is 1. The first-order chi connectivity index (χ1) is 13.5. The summed E-state index contributed by atoms with van der Waals surface area (Å²) in [6.45, 7) is 1.42. The van der Waals surface area contributed by atoms with Gasteiger partial charge < -0.3 is 9.73 Å². The number of carbonyl (C=O) groups excluding carboxylic acids is 3. The lowest BCUT2D eigenvalue weighted by molar-refractivity contribution is -0.127. The summed E-state index contributed by atoms with van der Waals surface area (Å²) >= 11 is 1.14. The first kappa shape index (κ1) is 19.4. The minimum absolute atomic E-state index is 0.0541. The molecular weight excluding hydrogens is 380 g/mol. The molecule has 0 atom stereocenters. The zero-order chi connectivity index (χ0) is 19.9. The largest absolute Gasteiger partial charge is 0.431 e. The highest BCUT2D eigenvalue weighted by molar-refractivity contribution is 7.99. The molecule has 9 heteroatoms. The highest BCUT2D eigenvalue weighted by Crippen LogP contribution is 2.22. The fourth-order valence-electron chi connectivity index (χ4n) is 2.35. The van der Waals surface area contributed by atoms with Gasteiger partial charge in [-0.05, 0) is 29.8 Å². The maximum atomic E-state index is 11.9. The Labute approximate surface area is 165 Å². The molecule has 144 valence electrons. The van der Waals surface area contributed by atoms with Gasteiger partial charge in [0.1, 0.15) is 5.52 Å². The van der Waals surface area contributed by atoms with E-state index in [0.29, 0.717) is 16.5 Å². The van der Waals surface area contributed by atoms with Crippen molar-refractivity contribution in [3.05, 3.63) is 54.1 Å². The molecule has 0 aliphatic carbocycles. The number of carbonyl (C=O) groups is 3. The van der Waals surface area contributed by atoms with E-state index in [1.165, 1.54) is 6.92 Å². The van der Waals surface area contributed by atoms with Crippen molar-refractivity contribution in [2.24, 2.45) is 0 Å². The van der Waals surface area contributed by atoms with E-state index in [9.17, 15) is 14.4 Å². The molecule has 0 fully saturated rings. The Hall–Kier alpha value is -3.33. The van der Waals surface area contributed by atoms with Gasteiger partial charge in [0.2, 0.25) is 17.7 Å². The number of nitrogens with one attached hydrogen (secondary N) is 3. The van der Waals surface area contributed by atoms with E-state index in [4.69, 9.17) is 4.42 Å². The second-order valence-electron chi connectivity index (χ2n) is 5.89. The lowest BCUT2D eigenvalue weighted by Gasteiger charge is -2.07. The number of oxazole rings is 1. The van der Waals surface area contributed by atoms with Gasteiger partial charge in [-0.15, -0.1) is 0 Å². The molecule has 0 bridgehead atoms. The van der Waals surface area contributed by atoms with Gasteiger partial charge in [0.15, 0.2) is 5.58 Å². The van der Waals surface area contributed by atoms with Gasteiger partial charge in [-0.25, -0.2) is 4.98 Å². The first-order valence-corrected chi connectivity index (χ1v) is 9.41. The van der Waals surface area contributed by atoms with Crippen molar-refractivity contribution in [3.8, 4) is 0 Å². The molecule has 3 amide bonds. The van der Waals surface area contributed by atoms with E-state index in [2.05, 4.69) is 21.2 Å². The Morgan fingerprint density at radius 2 is 1.71 bits per heavy atom. The lowest BCUT2D eigenvalue weighted by atomic mass is 10.1. The van der Waals surface area contributed by atoms with Crippen LogP contribution in [-0.4, -0.2) is 28.5 Å². The second kappa shape index (κ2) is 9.05. The summed E-state index contributed by atoms with van der Waals surface area (Å²) in [5.74, 6) is -0.837. The minimum atomic E-state index is -0.374. The van der Waals surface area contributed by atoms with Crippen LogP contribution in [0.1, 0.15) is 12.5 Å². The molecule has 0 aliphatic rings. The molecule has 3 aromatic rings. The molecular formula is C19H18N4O4S. The fraction of sp³-hybridized carbons (Fsp3) is 0.158. The zero-order valence-corrected chi connectivity index (χ0v) is 15.8. The van der Waals surface area contributed by atoms with Crippen LogP contribution in [0.2, 0.25) is 0 Å². The summed E-state index contributed by atoms with van der Waals surface area (Å²) < 4.78 is 5.51. The van der Waals surface area contributed by atoms with Crippen molar-refractivity contribution in [2.45, 2.75) is 18.6 Å². The third kappa shape index (κ3) is 5.58. The molecule has 1 heterocycles. The minimum Gasteiger partial charge on any atom is -0.431 e. The highest BCUT2D eigenvalue weighted by atomic mass is 32.2. The number of thioether (sulfide) groups is 1. The summed E-state index contributed by atoms with van der Waals surface area (Å²) in [5.41, 5.74) is 7.51. The molecule has 0 aliphatic heterocycles. The van der Waals surface area contributed by atoms with Crippen molar-refractivity contribution < 1.29 is 18.8 Å². The van der Waals surface area contributed by atoms with Gasteiger partial charge in [-0.3, -0.25) is 25.2 Å².